The lowest BCUT2D eigenvalue weighted by Gasteiger charge is -2.27. The Morgan fingerprint density at radius 2 is 1.87 bits per heavy atom. The van der Waals surface area contributed by atoms with Gasteiger partial charge in [-0.25, -0.2) is 4.98 Å². The Labute approximate surface area is 184 Å². The van der Waals surface area contributed by atoms with E-state index in [0.717, 1.165) is 28.9 Å². The highest BCUT2D eigenvalue weighted by atomic mass is 32.1. The third kappa shape index (κ3) is 3.58. The molecule has 7 heteroatoms. The molecule has 31 heavy (non-hydrogen) atoms. The molecule has 0 bridgehead atoms. The van der Waals surface area contributed by atoms with E-state index in [1.807, 2.05) is 24.3 Å². The number of piperidine rings is 1. The zero-order chi connectivity index (χ0) is 21.4. The number of aromatic nitrogens is 1. The Hall–Kier alpha value is -2.90. The molecule has 6 nitrogen and oxygen atoms in total. The number of nitrogens with zero attached hydrogens (tertiary/aromatic N) is 2. The summed E-state index contributed by atoms with van der Waals surface area (Å²) in [7, 11) is 3.19. The molecule has 4 aromatic rings. The summed E-state index contributed by atoms with van der Waals surface area (Å²) in [6.45, 7) is 2.74. The van der Waals surface area contributed by atoms with Gasteiger partial charge in [-0.1, -0.05) is 18.6 Å². The SMILES string of the molecule is COc1cc(OC)c2c(=O)c(-c3nc4ccccc4s3)coc2c1CN1CCCCC1. The molecule has 0 N–H and O–H groups in total. The second-order valence-electron chi connectivity index (χ2n) is 7.77. The van der Waals surface area contributed by atoms with Crippen molar-refractivity contribution in [2.24, 2.45) is 0 Å². The molecule has 0 aliphatic carbocycles. The molecule has 160 valence electrons. The van der Waals surface area contributed by atoms with Gasteiger partial charge in [0.1, 0.15) is 33.7 Å². The Balaban J connectivity index is 1.69. The van der Waals surface area contributed by atoms with Crippen molar-refractivity contribution in [3.8, 4) is 22.1 Å². The maximum atomic E-state index is 13.6. The number of ether oxygens (including phenoxy) is 2. The van der Waals surface area contributed by atoms with Crippen LogP contribution in [-0.2, 0) is 6.54 Å². The summed E-state index contributed by atoms with van der Waals surface area (Å²) in [6, 6.07) is 9.65. The molecular weight excluding hydrogens is 412 g/mol. The van der Waals surface area contributed by atoms with Gasteiger partial charge >= 0.3 is 0 Å². The average Bonchev–Trinajstić information content (AvgIpc) is 3.24. The minimum atomic E-state index is -0.139. The van der Waals surface area contributed by atoms with E-state index in [9.17, 15) is 4.79 Å². The number of hydrogen-bond acceptors (Lipinski definition) is 7. The maximum absolute atomic E-state index is 13.6. The molecule has 0 saturated carbocycles. The smallest absolute Gasteiger partial charge is 0.206 e. The fraction of sp³-hybridized carbons (Fsp3) is 0.333. The van der Waals surface area contributed by atoms with E-state index < -0.39 is 0 Å². The van der Waals surface area contributed by atoms with Gasteiger partial charge in [0.25, 0.3) is 0 Å². The number of fused-ring (bicyclic) bond motifs is 2. The number of hydrogen-bond donors (Lipinski definition) is 0. The minimum Gasteiger partial charge on any atom is -0.496 e. The van der Waals surface area contributed by atoms with Crippen LogP contribution in [0.5, 0.6) is 11.5 Å². The van der Waals surface area contributed by atoms with Gasteiger partial charge in [-0.15, -0.1) is 11.3 Å². The number of methoxy groups -OCH3 is 2. The van der Waals surface area contributed by atoms with Crippen molar-refractivity contribution in [2.75, 3.05) is 27.3 Å². The highest BCUT2D eigenvalue weighted by Crippen LogP contribution is 2.37. The number of benzene rings is 2. The second kappa shape index (κ2) is 8.32. The molecule has 0 spiro atoms. The molecule has 1 aliphatic rings. The lowest BCUT2D eigenvalue weighted by Crippen LogP contribution is -2.29. The van der Waals surface area contributed by atoms with Crippen molar-refractivity contribution in [3.05, 3.63) is 52.4 Å². The first-order valence-electron chi connectivity index (χ1n) is 10.5. The summed E-state index contributed by atoms with van der Waals surface area (Å²) in [5, 5.41) is 1.08. The predicted octanol–water partition coefficient (Wildman–Crippen LogP) is 5.07. The van der Waals surface area contributed by atoms with Crippen molar-refractivity contribution >= 4 is 32.5 Å². The molecule has 3 heterocycles. The van der Waals surface area contributed by atoms with Crippen LogP contribution >= 0.6 is 11.3 Å². The predicted molar refractivity (Wildman–Crippen MR) is 123 cm³/mol. The van der Waals surface area contributed by atoms with Crippen LogP contribution in [-0.4, -0.2) is 37.2 Å². The van der Waals surface area contributed by atoms with Gasteiger partial charge < -0.3 is 13.9 Å². The van der Waals surface area contributed by atoms with Gasteiger partial charge in [-0.3, -0.25) is 9.69 Å². The van der Waals surface area contributed by atoms with Crippen LogP contribution in [0.3, 0.4) is 0 Å². The fourth-order valence-electron chi connectivity index (χ4n) is 4.27. The van der Waals surface area contributed by atoms with Crippen molar-refractivity contribution in [1.29, 1.82) is 0 Å². The quantitative estimate of drug-likeness (QED) is 0.435. The second-order valence-corrected chi connectivity index (χ2v) is 8.80. The Bertz CT molecular complexity index is 1270. The number of thiazole rings is 1. The van der Waals surface area contributed by atoms with Crippen LogP contribution in [0.25, 0.3) is 31.8 Å². The summed E-state index contributed by atoms with van der Waals surface area (Å²) < 4.78 is 18.4. The molecule has 5 rings (SSSR count). The summed E-state index contributed by atoms with van der Waals surface area (Å²) in [5.41, 5.74) is 2.58. The normalized spacial score (nSPS) is 14.9. The number of rotatable bonds is 5. The summed E-state index contributed by atoms with van der Waals surface area (Å²) >= 11 is 1.48. The Morgan fingerprint density at radius 1 is 1.10 bits per heavy atom. The zero-order valence-corrected chi connectivity index (χ0v) is 18.5. The van der Waals surface area contributed by atoms with E-state index in [-0.39, 0.29) is 5.43 Å². The third-order valence-electron chi connectivity index (χ3n) is 5.87. The van der Waals surface area contributed by atoms with Crippen LogP contribution in [0.1, 0.15) is 24.8 Å². The van der Waals surface area contributed by atoms with E-state index in [2.05, 4.69) is 9.88 Å². The molecule has 2 aromatic heterocycles. The molecule has 0 unspecified atom stereocenters. The van der Waals surface area contributed by atoms with Gasteiger partial charge in [-0.05, 0) is 38.1 Å². The minimum absolute atomic E-state index is 0.139. The van der Waals surface area contributed by atoms with Crippen LogP contribution in [0.15, 0.2) is 45.8 Å². The van der Waals surface area contributed by atoms with E-state index in [0.29, 0.717) is 39.6 Å². The number of para-hydroxylation sites is 1. The Morgan fingerprint density at radius 3 is 2.61 bits per heavy atom. The van der Waals surface area contributed by atoms with Crippen LogP contribution in [0.2, 0.25) is 0 Å². The van der Waals surface area contributed by atoms with Crippen molar-refractivity contribution in [2.45, 2.75) is 25.8 Å². The average molecular weight is 437 g/mol. The number of likely N-dealkylation sites (tertiary alicyclic amines) is 1. The Kier molecular flexibility index (Phi) is 5.38. The van der Waals surface area contributed by atoms with Gasteiger partial charge in [0.15, 0.2) is 0 Å². The lowest BCUT2D eigenvalue weighted by molar-refractivity contribution is 0.218. The van der Waals surface area contributed by atoms with Gasteiger partial charge in [0, 0.05) is 12.6 Å². The first kappa shape index (κ1) is 20.0. The molecule has 0 radical (unpaired) electrons. The van der Waals surface area contributed by atoms with Crippen molar-refractivity contribution in [3.63, 3.8) is 0 Å². The molecule has 1 saturated heterocycles. The van der Waals surface area contributed by atoms with E-state index in [4.69, 9.17) is 13.9 Å². The topological polar surface area (TPSA) is 64.8 Å². The van der Waals surface area contributed by atoms with Gasteiger partial charge in [-0.2, -0.15) is 0 Å². The monoisotopic (exact) mass is 436 g/mol. The third-order valence-corrected chi connectivity index (χ3v) is 6.94. The van der Waals surface area contributed by atoms with Crippen LogP contribution in [0.4, 0.5) is 0 Å². The zero-order valence-electron chi connectivity index (χ0n) is 17.6. The van der Waals surface area contributed by atoms with E-state index in [1.165, 1.54) is 36.9 Å². The first-order valence-corrected chi connectivity index (χ1v) is 11.3. The largest absolute Gasteiger partial charge is 0.496 e. The molecule has 0 amide bonds. The molecule has 1 fully saturated rings. The highest BCUT2D eigenvalue weighted by Gasteiger charge is 2.23. The van der Waals surface area contributed by atoms with Crippen LogP contribution in [0, 0.1) is 0 Å². The van der Waals surface area contributed by atoms with Crippen molar-refractivity contribution < 1.29 is 13.9 Å². The van der Waals surface area contributed by atoms with Gasteiger partial charge in [0.05, 0.1) is 35.6 Å². The van der Waals surface area contributed by atoms with Crippen molar-refractivity contribution in [1.82, 2.24) is 9.88 Å². The van der Waals surface area contributed by atoms with E-state index >= 15 is 0 Å². The van der Waals surface area contributed by atoms with Crippen LogP contribution < -0.4 is 14.9 Å². The molecule has 0 atom stereocenters. The molecule has 1 aliphatic heterocycles. The maximum Gasteiger partial charge on any atom is 0.206 e. The lowest BCUT2D eigenvalue weighted by atomic mass is 10.0. The van der Waals surface area contributed by atoms with E-state index in [1.54, 1.807) is 20.3 Å². The molecular formula is C24H24N2O4S. The summed E-state index contributed by atoms with van der Waals surface area (Å²) in [4.78, 5) is 20.6. The summed E-state index contributed by atoms with van der Waals surface area (Å²) in [5.74, 6) is 1.12. The standard InChI is InChI=1S/C24H24N2O4S/c1-28-18-12-19(29-2)21-22(27)16(24-25-17-8-4-5-9-20(17)31-24)14-30-23(21)15(18)13-26-10-6-3-7-11-26/h4-5,8-9,12,14H,3,6-7,10-11,13H2,1-2H3. The fourth-order valence-corrected chi connectivity index (χ4v) is 5.24. The first-order chi connectivity index (χ1) is 15.2. The summed E-state index contributed by atoms with van der Waals surface area (Å²) in [6.07, 6.45) is 5.16. The molecule has 2 aromatic carbocycles. The highest BCUT2D eigenvalue weighted by molar-refractivity contribution is 7.21. The van der Waals surface area contributed by atoms with Gasteiger partial charge in [0.2, 0.25) is 5.43 Å².